The molecule has 1 aromatic carbocycles. The van der Waals surface area contributed by atoms with Crippen molar-refractivity contribution < 1.29 is 28.8 Å². The lowest BCUT2D eigenvalue weighted by Gasteiger charge is -2.36. The molecular formula is C30H44N6O6. The minimum absolute atomic E-state index is 0.232. The average molecular weight is 585 g/mol. The Morgan fingerprint density at radius 3 is 2.19 bits per heavy atom. The summed E-state index contributed by atoms with van der Waals surface area (Å²) in [5, 5.41) is 10.7. The summed E-state index contributed by atoms with van der Waals surface area (Å²) in [5.41, 5.74) is 5.42. The van der Waals surface area contributed by atoms with Crippen LogP contribution in [0.25, 0.3) is 0 Å². The third-order valence-corrected chi connectivity index (χ3v) is 7.95. The zero-order chi connectivity index (χ0) is 31.0. The molecule has 4 atom stereocenters. The van der Waals surface area contributed by atoms with Crippen LogP contribution < -0.4 is 27.0 Å². The Morgan fingerprint density at radius 1 is 0.952 bits per heavy atom. The zero-order valence-electron chi connectivity index (χ0n) is 24.9. The lowest BCUT2D eigenvalue weighted by atomic mass is 9.80. The van der Waals surface area contributed by atoms with Crippen molar-refractivity contribution in [2.24, 2.45) is 17.1 Å². The van der Waals surface area contributed by atoms with E-state index in [2.05, 4.69) is 21.3 Å². The maximum absolute atomic E-state index is 13.8. The molecule has 1 aromatic rings. The summed E-state index contributed by atoms with van der Waals surface area (Å²) in [7, 11) is 0. The first-order chi connectivity index (χ1) is 19.8. The van der Waals surface area contributed by atoms with Crippen LogP contribution in [0.4, 0.5) is 4.79 Å². The highest BCUT2D eigenvalue weighted by Gasteiger charge is 2.43. The third-order valence-electron chi connectivity index (χ3n) is 7.95. The van der Waals surface area contributed by atoms with Crippen LogP contribution in [0.1, 0.15) is 71.8 Å². The molecule has 0 spiro atoms. The van der Waals surface area contributed by atoms with Crippen LogP contribution in [0.15, 0.2) is 30.3 Å². The number of hydrogen-bond donors (Lipinski definition) is 5. The van der Waals surface area contributed by atoms with E-state index in [9.17, 15) is 28.8 Å². The van der Waals surface area contributed by atoms with Gasteiger partial charge in [0.2, 0.25) is 23.5 Å². The quantitative estimate of drug-likeness (QED) is 0.230. The van der Waals surface area contributed by atoms with Crippen LogP contribution in [0.3, 0.4) is 0 Å². The molecule has 6 amide bonds. The summed E-state index contributed by atoms with van der Waals surface area (Å²) in [4.78, 5) is 78.0. The Bertz CT molecular complexity index is 1160. The molecule has 0 bridgehead atoms. The predicted molar refractivity (Wildman–Crippen MR) is 155 cm³/mol. The summed E-state index contributed by atoms with van der Waals surface area (Å²) >= 11 is 0. The molecule has 12 heteroatoms. The molecule has 230 valence electrons. The molecule has 2 fully saturated rings. The minimum atomic E-state index is -1.11. The molecule has 6 N–H and O–H groups in total. The first-order valence-corrected chi connectivity index (χ1v) is 14.6. The molecule has 1 aliphatic heterocycles. The van der Waals surface area contributed by atoms with Crippen molar-refractivity contribution in [1.29, 1.82) is 0 Å². The van der Waals surface area contributed by atoms with E-state index in [1.165, 1.54) is 4.90 Å². The van der Waals surface area contributed by atoms with Gasteiger partial charge in [0.05, 0.1) is 6.04 Å². The fourth-order valence-corrected chi connectivity index (χ4v) is 5.22. The lowest BCUT2D eigenvalue weighted by Crippen LogP contribution is -2.61. The lowest BCUT2D eigenvalue weighted by molar-refractivity contribution is -0.143. The van der Waals surface area contributed by atoms with Gasteiger partial charge in [-0.2, -0.15) is 0 Å². The molecular weight excluding hydrogens is 540 g/mol. The molecule has 1 aliphatic carbocycles. The van der Waals surface area contributed by atoms with Gasteiger partial charge in [-0.3, -0.25) is 24.0 Å². The van der Waals surface area contributed by atoms with Gasteiger partial charge in [0.1, 0.15) is 18.1 Å². The van der Waals surface area contributed by atoms with Gasteiger partial charge < -0.3 is 31.9 Å². The maximum Gasteiger partial charge on any atom is 0.316 e. The van der Waals surface area contributed by atoms with Crippen molar-refractivity contribution in [3.8, 4) is 0 Å². The number of nitrogens with zero attached hydrogens (tertiary/aromatic N) is 1. The second kappa shape index (κ2) is 14.3. The van der Waals surface area contributed by atoms with Crippen LogP contribution in [0.5, 0.6) is 0 Å². The second-order valence-corrected chi connectivity index (χ2v) is 12.4. The van der Waals surface area contributed by atoms with Gasteiger partial charge in [-0.15, -0.1) is 0 Å². The van der Waals surface area contributed by atoms with Crippen LogP contribution in [-0.2, 0) is 30.5 Å². The number of benzene rings is 1. The van der Waals surface area contributed by atoms with Crippen molar-refractivity contribution in [1.82, 2.24) is 26.2 Å². The number of carbonyl (C=O) groups excluding carboxylic acids is 6. The van der Waals surface area contributed by atoms with E-state index in [1.54, 1.807) is 27.7 Å². The first kappa shape index (κ1) is 32.6. The Balaban J connectivity index is 1.62. The standard InChI is InChI=1S/C30H44N6O6/c1-18(26(39)32-17-20-10-6-5-7-11-20)33-29(42)35-24(30(2,3)4)28(41)36-15-9-14-22(36)27(40)34-21(23(37)25(31)38)16-19-12-8-13-19/h5-7,10-11,18-19,21-22,24H,8-9,12-17H2,1-4H3,(H2,31,38)(H,32,39)(H,34,40)(H2,33,35,42). The molecule has 1 saturated carbocycles. The monoisotopic (exact) mass is 584 g/mol. The van der Waals surface area contributed by atoms with Crippen LogP contribution in [0.2, 0.25) is 0 Å². The molecule has 3 rings (SSSR count). The highest BCUT2D eigenvalue weighted by Crippen LogP contribution is 2.31. The van der Waals surface area contributed by atoms with Gasteiger partial charge in [0.15, 0.2) is 0 Å². The Morgan fingerprint density at radius 2 is 1.62 bits per heavy atom. The fourth-order valence-electron chi connectivity index (χ4n) is 5.22. The molecule has 42 heavy (non-hydrogen) atoms. The number of nitrogens with two attached hydrogens (primary N) is 1. The molecule has 2 aliphatic rings. The summed E-state index contributed by atoms with van der Waals surface area (Å²) in [5.74, 6) is -3.08. The van der Waals surface area contributed by atoms with E-state index >= 15 is 0 Å². The summed E-state index contributed by atoms with van der Waals surface area (Å²) in [6, 6.07) is 4.89. The fraction of sp³-hybridized carbons (Fsp3) is 0.600. The number of nitrogens with one attached hydrogen (secondary N) is 4. The van der Waals surface area contributed by atoms with Crippen LogP contribution >= 0.6 is 0 Å². The minimum Gasteiger partial charge on any atom is -0.363 e. The number of hydrogen-bond acceptors (Lipinski definition) is 6. The maximum atomic E-state index is 13.8. The SMILES string of the molecule is CC(NC(=O)NC(C(=O)N1CCCC1C(=O)NC(CC1CCC1)C(=O)C(N)=O)C(C)(C)C)C(=O)NCc1ccccc1. The van der Waals surface area contributed by atoms with Crippen LogP contribution in [-0.4, -0.2) is 71.1 Å². The molecule has 12 nitrogen and oxygen atoms in total. The van der Waals surface area contributed by atoms with Gasteiger partial charge in [-0.05, 0) is 43.1 Å². The Kier molecular flexibility index (Phi) is 11.1. The molecule has 1 heterocycles. The van der Waals surface area contributed by atoms with E-state index in [0.717, 1.165) is 24.8 Å². The number of amides is 6. The van der Waals surface area contributed by atoms with Gasteiger partial charge in [-0.1, -0.05) is 70.4 Å². The van der Waals surface area contributed by atoms with Crippen molar-refractivity contribution in [3.63, 3.8) is 0 Å². The van der Waals surface area contributed by atoms with Gasteiger partial charge >= 0.3 is 6.03 Å². The number of rotatable bonds is 12. The highest BCUT2D eigenvalue weighted by molar-refractivity contribution is 6.37. The van der Waals surface area contributed by atoms with Crippen molar-refractivity contribution >= 4 is 35.4 Å². The number of ketones is 1. The van der Waals surface area contributed by atoms with E-state index in [4.69, 9.17) is 5.73 Å². The largest absolute Gasteiger partial charge is 0.363 e. The average Bonchev–Trinajstić information content (AvgIpc) is 3.41. The van der Waals surface area contributed by atoms with E-state index in [-0.39, 0.29) is 11.8 Å². The molecule has 0 aromatic heterocycles. The van der Waals surface area contributed by atoms with Crippen LogP contribution in [0, 0.1) is 11.3 Å². The summed E-state index contributed by atoms with van der Waals surface area (Å²) < 4.78 is 0. The number of carbonyl (C=O) groups is 6. The Hall–Kier alpha value is -3.96. The second-order valence-electron chi connectivity index (χ2n) is 12.4. The van der Waals surface area contributed by atoms with E-state index in [0.29, 0.717) is 32.4 Å². The van der Waals surface area contributed by atoms with Crippen molar-refractivity contribution in [2.45, 2.75) is 96.9 Å². The normalized spacial score (nSPS) is 19.0. The first-order valence-electron chi connectivity index (χ1n) is 14.6. The number of Topliss-reactive ketones (excluding diaryl/α,β-unsaturated/α-hetero) is 1. The smallest absolute Gasteiger partial charge is 0.316 e. The van der Waals surface area contributed by atoms with E-state index in [1.807, 2.05) is 30.3 Å². The number of likely N-dealkylation sites (tertiary alicyclic amines) is 1. The Labute approximate surface area is 246 Å². The van der Waals surface area contributed by atoms with Gasteiger partial charge in [0.25, 0.3) is 5.91 Å². The summed E-state index contributed by atoms with van der Waals surface area (Å²) in [6.07, 6.45) is 4.13. The topological polar surface area (TPSA) is 180 Å². The van der Waals surface area contributed by atoms with Crippen molar-refractivity contribution in [3.05, 3.63) is 35.9 Å². The third kappa shape index (κ3) is 8.77. The highest BCUT2D eigenvalue weighted by atomic mass is 16.2. The van der Waals surface area contributed by atoms with Gasteiger partial charge in [-0.25, -0.2) is 4.79 Å². The number of urea groups is 1. The van der Waals surface area contributed by atoms with Crippen molar-refractivity contribution in [2.75, 3.05) is 6.54 Å². The van der Waals surface area contributed by atoms with Gasteiger partial charge in [0, 0.05) is 13.1 Å². The summed E-state index contributed by atoms with van der Waals surface area (Å²) in [6.45, 7) is 7.51. The predicted octanol–water partition coefficient (Wildman–Crippen LogP) is 1.13. The zero-order valence-corrected chi connectivity index (χ0v) is 24.9. The van der Waals surface area contributed by atoms with E-state index < -0.39 is 59.1 Å². The molecule has 0 radical (unpaired) electrons. The molecule has 1 saturated heterocycles. The number of primary amides is 1. The molecule has 4 unspecified atom stereocenters.